The summed E-state index contributed by atoms with van der Waals surface area (Å²) in [6.07, 6.45) is 1.36. The molecular weight excluding hydrogens is 223 g/mol. The standard InChI is InChI=1S/C12H11FN2O2/c1-7-11(12(17-2)15-6-14-7)9-4-3-8(16)5-10(9)13/h3-6,16H,1-2H3. The number of nitrogens with zero attached hydrogens (tertiary/aromatic N) is 2. The van der Waals surface area contributed by atoms with Crippen molar-refractivity contribution in [3.63, 3.8) is 0 Å². The molecule has 17 heavy (non-hydrogen) atoms. The molecule has 2 aromatic rings. The summed E-state index contributed by atoms with van der Waals surface area (Å²) < 4.78 is 18.8. The topological polar surface area (TPSA) is 55.2 Å². The van der Waals surface area contributed by atoms with E-state index in [0.717, 1.165) is 6.07 Å². The van der Waals surface area contributed by atoms with E-state index in [1.807, 2.05) is 0 Å². The molecule has 0 amide bonds. The molecule has 0 aliphatic heterocycles. The second-order valence-corrected chi connectivity index (χ2v) is 3.51. The number of phenols is 1. The van der Waals surface area contributed by atoms with Gasteiger partial charge in [-0.1, -0.05) is 0 Å². The average Bonchev–Trinajstić information content (AvgIpc) is 2.30. The Morgan fingerprint density at radius 1 is 1.29 bits per heavy atom. The second kappa shape index (κ2) is 4.37. The Balaban J connectivity index is 2.67. The minimum Gasteiger partial charge on any atom is -0.508 e. The normalized spacial score (nSPS) is 10.3. The summed E-state index contributed by atoms with van der Waals surface area (Å²) in [6.45, 7) is 1.74. The van der Waals surface area contributed by atoms with Crippen molar-refractivity contribution in [3.05, 3.63) is 36.0 Å². The van der Waals surface area contributed by atoms with Crippen LogP contribution >= 0.6 is 0 Å². The van der Waals surface area contributed by atoms with Crippen molar-refractivity contribution < 1.29 is 14.2 Å². The molecule has 0 radical (unpaired) electrons. The summed E-state index contributed by atoms with van der Waals surface area (Å²) in [5, 5.41) is 9.18. The molecule has 5 heteroatoms. The molecule has 0 aliphatic carbocycles. The van der Waals surface area contributed by atoms with Gasteiger partial charge >= 0.3 is 0 Å². The Morgan fingerprint density at radius 2 is 2.06 bits per heavy atom. The monoisotopic (exact) mass is 234 g/mol. The molecule has 0 unspecified atom stereocenters. The lowest BCUT2D eigenvalue weighted by Crippen LogP contribution is -1.98. The molecule has 0 saturated heterocycles. The van der Waals surface area contributed by atoms with E-state index in [1.54, 1.807) is 6.92 Å². The summed E-state index contributed by atoms with van der Waals surface area (Å²) in [6, 6.07) is 3.92. The molecule has 0 bridgehead atoms. The number of aromatic hydroxyl groups is 1. The molecule has 0 fully saturated rings. The largest absolute Gasteiger partial charge is 0.508 e. The Hall–Kier alpha value is -2.17. The number of methoxy groups -OCH3 is 1. The van der Waals surface area contributed by atoms with E-state index in [4.69, 9.17) is 4.74 Å². The molecule has 1 aromatic carbocycles. The highest BCUT2D eigenvalue weighted by Gasteiger charge is 2.15. The van der Waals surface area contributed by atoms with Gasteiger partial charge in [0.25, 0.3) is 0 Å². The van der Waals surface area contributed by atoms with Gasteiger partial charge in [0.1, 0.15) is 17.9 Å². The van der Waals surface area contributed by atoms with Gasteiger partial charge < -0.3 is 9.84 Å². The number of aromatic nitrogens is 2. The molecule has 1 N–H and O–H groups in total. The molecule has 0 atom stereocenters. The Bertz CT molecular complexity index is 558. The number of hydrogen-bond acceptors (Lipinski definition) is 4. The fraction of sp³-hybridized carbons (Fsp3) is 0.167. The van der Waals surface area contributed by atoms with Crippen LogP contribution in [0.2, 0.25) is 0 Å². The zero-order valence-corrected chi connectivity index (χ0v) is 9.44. The summed E-state index contributed by atoms with van der Waals surface area (Å²) in [4.78, 5) is 7.94. The van der Waals surface area contributed by atoms with Gasteiger partial charge in [-0.15, -0.1) is 0 Å². The lowest BCUT2D eigenvalue weighted by molar-refractivity contribution is 0.397. The van der Waals surface area contributed by atoms with Crippen LogP contribution in [0.15, 0.2) is 24.5 Å². The van der Waals surface area contributed by atoms with Crippen molar-refractivity contribution >= 4 is 0 Å². The summed E-state index contributed by atoms with van der Waals surface area (Å²) >= 11 is 0. The predicted molar refractivity (Wildman–Crippen MR) is 60.4 cm³/mol. The number of aryl methyl sites for hydroxylation is 1. The van der Waals surface area contributed by atoms with Gasteiger partial charge in [-0.2, -0.15) is 0 Å². The SMILES string of the molecule is COc1ncnc(C)c1-c1ccc(O)cc1F. The number of ether oxygens (including phenoxy) is 1. The van der Waals surface area contributed by atoms with Crippen LogP contribution in [0.5, 0.6) is 11.6 Å². The van der Waals surface area contributed by atoms with Gasteiger partial charge in [-0.25, -0.2) is 14.4 Å². The van der Waals surface area contributed by atoms with Crippen LogP contribution in [-0.4, -0.2) is 22.2 Å². The van der Waals surface area contributed by atoms with Crippen molar-refractivity contribution in [3.8, 4) is 22.8 Å². The fourth-order valence-electron chi connectivity index (χ4n) is 1.62. The van der Waals surface area contributed by atoms with Crippen LogP contribution in [-0.2, 0) is 0 Å². The third-order valence-corrected chi connectivity index (χ3v) is 2.42. The van der Waals surface area contributed by atoms with Crippen LogP contribution in [0.1, 0.15) is 5.69 Å². The summed E-state index contributed by atoms with van der Waals surface area (Å²) in [7, 11) is 1.46. The van der Waals surface area contributed by atoms with Crippen molar-refractivity contribution in [2.45, 2.75) is 6.92 Å². The zero-order chi connectivity index (χ0) is 12.4. The van der Waals surface area contributed by atoms with Gasteiger partial charge in [-0.3, -0.25) is 0 Å². The fourth-order valence-corrected chi connectivity index (χ4v) is 1.62. The second-order valence-electron chi connectivity index (χ2n) is 3.51. The van der Waals surface area contributed by atoms with Crippen molar-refractivity contribution in [1.29, 1.82) is 0 Å². The Morgan fingerprint density at radius 3 is 2.71 bits per heavy atom. The lowest BCUT2D eigenvalue weighted by Gasteiger charge is -2.10. The maximum Gasteiger partial charge on any atom is 0.224 e. The third kappa shape index (κ3) is 2.04. The maximum atomic E-state index is 13.8. The van der Waals surface area contributed by atoms with Crippen LogP contribution < -0.4 is 4.74 Å². The average molecular weight is 234 g/mol. The highest BCUT2D eigenvalue weighted by molar-refractivity contribution is 5.71. The maximum absolute atomic E-state index is 13.8. The van der Waals surface area contributed by atoms with E-state index >= 15 is 0 Å². The lowest BCUT2D eigenvalue weighted by atomic mass is 10.0. The smallest absolute Gasteiger partial charge is 0.224 e. The van der Waals surface area contributed by atoms with Gasteiger partial charge in [0.2, 0.25) is 5.88 Å². The molecule has 1 aromatic heterocycles. The first-order valence-corrected chi connectivity index (χ1v) is 4.98. The predicted octanol–water partition coefficient (Wildman–Crippen LogP) is 2.31. The van der Waals surface area contributed by atoms with E-state index in [0.29, 0.717) is 22.7 Å². The first-order chi connectivity index (χ1) is 8.13. The molecule has 4 nitrogen and oxygen atoms in total. The van der Waals surface area contributed by atoms with E-state index in [-0.39, 0.29) is 5.75 Å². The number of halogens is 1. The Kier molecular flexibility index (Phi) is 2.91. The molecule has 0 saturated carbocycles. The van der Waals surface area contributed by atoms with Gasteiger partial charge in [-0.05, 0) is 19.1 Å². The highest BCUT2D eigenvalue weighted by atomic mass is 19.1. The third-order valence-electron chi connectivity index (χ3n) is 2.42. The minimum absolute atomic E-state index is 0.125. The number of hydrogen-bond donors (Lipinski definition) is 1. The van der Waals surface area contributed by atoms with E-state index in [9.17, 15) is 9.50 Å². The number of phenolic OH excluding ortho intramolecular Hbond substituents is 1. The Labute approximate surface area is 97.7 Å². The highest BCUT2D eigenvalue weighted by Crippen LogP contribution is 2.33. The molecule has 0 spiro atoms. The molecule has 0 aliphatic rings. The molecular formula is C12H11FN2O2. The van der Waals surface area contributed by atoms with Gasteiger partial charge in [0.15, 0.2) is 0 Å². The van der Waals surface area contributed by atoms with E-state index in [1.165, 1.54) is 25.6 Å². The zero-order valence-electron chi connectivity index (χ0n) is 9.44. The van der Waals surface area contributed by atoms with Crippen LogP contribution in [0.3, 0.4) is 0 Å². The van der Waals surface area contributed by atoms with Crippen molar-refractivity contribution in [2.75, 3.05) is 7.11 Å². The van der Waals surface area contributed by atoms with Crippen LogP contribution in [0.25, 0.3) is 11.1 Å². The summed E-state index contributed by atoms with van der Waals surface area (Å²) in [5.41, 5.74) is 1.41. The van der Waals surface area contributed by atoms with E-state index < -0.39 is 5.82 Å². The van der Waals surface area contributed by atoms with E-state index in [2.05, 4.69) is 9.97 Å². The minimum atomic E-state index is -0.541. The first kappa shape index (κ1) is 11.3. The van der Waals surface area contributed by atoms with Gasteiger partial charge in [0.05, 0.1) is 18.4 Å². The molecule has 2 rings (SSSR count). The number of rotatable bonds is 2. The van der Waals surface area contributed by atoms with Crippen molar-refractivity contribution in [2.24, 2.45) is 0 Å². The quantitative estimate of drug-likeness (QED) is 0.866. The number of benzene rings is 1. The molecule has 88 valence electrons. The summed E-state index contributed by atoms with van der Waals surface area (Å²) in [5.74, 6) is -0.358. The molecule has 1 heterocycles. The van der Waals surface area contributed by atoms with Gasteiger partial charge in [0, 0.05) is 11.6 Å². The van der Waals surface area contributed by atoms with Crippen LogP contribution in [0.4, 0.5) is 4.39 Å². The van der Waals surface area contributed by atoms with Crippen LogP contribution in [0, 0.1) is 12.7 Å². The van der Waals surface area contributed by atoms with Crippen molar-refractivity contribution in [1.82, 2.24) is 9.97 Å². The first-order valence-electron chi connectivity index (χ1n) is 4.98.